The normalized spacial score (nSPS) is 22.7. The molecule has 18 heavy (non-hydrogen) atoms. The number of hydrogen-bond donors (Lipinski definition) is 1. The fraction of sp³-hybridized carbons (Fsp3) is 0.667. The number of piperazine rings is 1. The maximum atomic E-state index is 12.0. The van der Waals surface area contributed by atoms with Crippen molar-refractivity contribution in [2.45, 2.75) is 25.9 Å². The summed E-state index contributed by atoms with van der Waals surface area (Å²) >= 11 is 1.63. The topological polar surface area (TPSA) is 54.5 Å². The van der Waals surface area contributed by atoms with Crippen molar-refractivity contribution in [1.29, 1.82) is 0 Å². The minimum absolute atomic E-state index is 0.145. The number of carbonyl (C=O) groups is 1. The van der Waals surface area contributed by atoms with Crippen LogP contribution < -0.4 is 5.32 Å². The average molecular weight is 269 g/mol. The van der Waals surface area contributed by atoms with Crippen molar-refractivity contribution in [1.82, 2.24) is 15.2 Å². The zero-order valence-electron chi connectivity index (χ0n) is 10.8. The summed E-state index contributed by atoms with van der Waals surface area (Å²) in [6, 6.07) is -0.0564. The van der Waals surface area contributed by atoms with Crippen LogP contribution in [0.5, 0.6) is 0 Å². The Kier molecular flexibility index (Phi) is 4.68. The molecular weight excluding hydrogens is 250 g/mol. The van der Waals surface area contributed by atoms with Gasteiger partial charge in [-0.1, -0.05) is 0 Å². The fourth-order valence-electron chi connectivity index (χ4n) is 2.22. The number of thiazole rings is 1. The van der Waals surface area contributed by atoms with E-state index in [0.717, 1.165) is 18.1 Å². The number of rotatable bonds is 4. The van der Waals surface area contributed by atoms with Gasteiger partial charge in [0.2, 0.25) is 0 Å². The van der Waals surface area contributed by atoms with Crippen LogP contribution in [0.25, 0.3) is 0 Å². The summed E-state index contributed by atoms with van der Waals surface area (Å²) in [6.07, 6.45) is 1.80. The SMILES string of the molecule is CCOC(=O)C1CNCCN1C(C)c1nccs1. The minimum atomic E-state index is -0.211. The molecule has 0 aromatic carbocycles. The van der Waals surface area contributed by atoms with E-state index in [0.29, 0.717) is 13.2 Å². The van der Waals surface area contributed by atoms with Crippen LogP contribution >= 0.6 is 11.3 Å². The van der Waals surface area contributed by atoms with E-state index in [1.165, 1.54) is 0 Å². The molecule has 0 amide bonds. The predicted octanol–water partition coefficient (Wildman–Crippen LogP) is 1.04. The van der Waals surface area contributed by atoms with Crippen molar-refractivity contribution in [3.05, 3.63) is 16.6 Å². The molecule has 1 saturated heterocycles. The molecule has 2 rings (SSSR count). The Morgan fingerprint density at radius 1 is 1.78 bits per heavy atom. The van der Waals surface area contributed by atoms with Crippen LogP contribution in [0.3, 0.4) is 0 Å². The third kappa shape index (κ3) is 2.88. The van der Waals surface area contributed by atoms with Gasteiger partial charge in [-0.05, 0) is 13.8 Å². The van der Waals surface area contributed by atoms with Crippen LogP contribution in [0.1, 0.15) is 24.9 Å². The molecule has 100 valence electrons. The number of aromatic nitrogens is 1. The first kappa shape index (κ1) is 13.5. The fourth-order valence-corrected chi connectivity index (χ4v) is 2.94. The molecule has 1 fully saturated rings. The van der Waals surface area contributed by atoms with Crippen molar-refractivity contribution in [2.24, 2.45) is 0 Å². The Hall–Kier alpha value is -0.980. The van der Waals surface area contributed by atoms with E-state index >= 15 is 0 Å². The van der Waals surface area contributed by atoms with Gasteiger partial charge in [0.05, 0.1) is 12.6 Å². The molecule has 0 spiro atoms. The van der Waals surface area contributed by atoms with Gasteiger partial charge in [-0.25, -0.2) is 4.98 Å². The minimum Gasteiger partial charge on any atom is -0.465 e. The average Bonchev–Trinajstić information content (AvgIpc) is 2.92. The van der Waals surface area contributed by atoms with Gasteiger partial charge < -0.3 is 10.1 Å². The van der Waals surface area contributed by atoms with E-state index in [4.69, 9.17) is 4.74 Å². The van der Waals surface area contributed by atoms with E-state index in [-0.39, 0.29) is 18.1 Å². The zero-order chi connectivity index (χ0) is 13.0. The van der Waals surface area contributed by atoms with Crippen molar-refractivity contribution < 1.29 is 9.53 Å². The molecule has 1 aliphatic rings. The molecule has 2 atom stereocenters. The first-order chi connectivity index (χ1) is 8.74. The number of carbonyl (C=O) groups excluding carboxylic acids is 1. The second-order valence-electron chi connectivity index (χ2n) is 4.26. The zero-order valence-corrected chi connectivity index (χ0v) is 11.6. The molecule has 1 aromatic rings. The Bertz CT molecular complexity index is 383. The lowest BCUT2D eigenvalue weighted by atomic mass is 10.1. The number of hydrogen-bond acceptors (Lipinski definition) is 6. The molecule has 2 unspecified atom stereocenters. The molecule has 2 heterocycles. The van der Waals surface area contributed by atoms with E-state index in [1.807, 2.05) is 12.3 Å². The highest BCUT2D eigenvalue weighted by Gasteiger charge is 2.34. The Morgan fingerprint density at radius 2 is 2.61 bits per heavy atom. The summed E-state index contributed by atoms with van der Waals surface area (Å²) in [4.78, 5) is 18.5. The van der Waals surface area contributed by atoms with Crippen molar-refractivity contribution in [3.63, 3.8) is 0 Å². The highest BCUT2D eigenvalue weighted by Crippen LogP contribution is 2.25. The molecule has 0 aliphatic carbocycles. The molecule has 1 aliphatic heterocycles. The van der Waals surface area contributed by atoms with Gasteiger partial charge in [0, 0.05) is 31.2 Å². The molecule has 1 aromatic heterocycles. The maximum Gasteiger partial charge on any atom is 0.324 e. The molecule has 5 nitrogen and oxygen atoms in total. The molecule has 0 bridgehead atoms. The van der Waals surface area contributed by atoms with Gasteiger partial charge in [-0.15, -0.1) is 11.3 Å². The van der Waals surface area contributed by atoms with Crippen LogP contribution in [0.4, 0.5) is 0 Å². The molecule has 0 saturated carbocycles. The number of esters is 1. The van der Waals surface area contributed by atoms with Crippen LogP contribution in [-0.2, 0) is 9.53 Å². The van der Waals surface area contributed by atoms with Crippen molar-refractivity contribution >= 4 is 17.3 Å². The lowest BCUT2D eigenvalue weighted by Crippen LogP contribution is -2.55. The smallest absolute Gasteiger partial charge is 0.324 e. The van der Waals surface area contributed by atoms with E-state index in [1.54, 1.807) is 17.5 Å². The summed E-state index contributed by atoms with van der Waals surface area (Å²) in [6.45, 7) is 6.73. The van der Waals surface area contributed by atoms with Gasteiger partial charge in [0.1, 0.15) is 11.0 Å². The summed E-state index contributed by atoms with van der Waals surface area (Å²) in [7, 11) is 0. The van der Waals surface area contributed by atoms with Gasteiger partial charge in [0.25, 0.3) is 0 Å². The summed E-state index contributed by atoms with van der Waals surface area (Å²) in [5.74, 6) is -0.145. The Morgan fingerprint density at radius 3 is 3.28 bits per heavy atom. The summed E-state index contributed by atoms with van der Waals surface area (Å²) in [5, 5.41) is 6.26. The quantitative estimate of drug-likeness (QED) is 0.828. The van der Waals surface area contributed by atoms with Crippen molar-refractivity contribution in [3.8, 4) is 0 Å². The molecule has 0 radical (unpaired) electrons. The standard InChI is InChI=1S/C12H19N3O2S/c1-3-17-12(16)10-8-13-4-6-15(10)9(2)11-14-5-7-18-11/h5,7,9-10,13H,3-4,6,8H2,1-2H3. The van der Waals surface area contributed by atoms with Crippen molar-refractivity contribution in [2.75, 3.05) is 26.2 Å². The third-order valence-corrected chi connectivity index (χ3v) is 4.10. The molecule has 6 heteroatoms. The van der Waals surface area contributed by atoms with E-state index < -0.39 is 0 Å². The predicted molar refractivity (Wildman–Crippen MR) is 70.5 cm³/mol. The summed E-state index contributed by atoms with van der Waals surface area (Å²) in [5.41, 5.74) is 0. The van der Waals surface area contributed by atoms with Gasteiger partial charge in [-0.3, -0.25) is 9.69 Å². The van der Waals surface area contributed by atoms with Crippen LogP contribution in [0, 0.1) is 0 Å². The van der Waals surface area contributed by atoms with Crippen LogP contribution in [-0.4, -0.2) is 48.1 Å². The van der Waals surface area contributed by atoms with Gasteiger partial charge >= 0.3 is 5.97 Å². The van der Waals surface area contributed by atoms with Crippen LogP contribution in [0.15, 0.2) is 11.6 Å². The number of nitrogens with zero attached hydrogens (tertiary/aromatic N) is 2. The largest absolute Gasteiger partial charge is 0.465 e. The highest BCUT2D eigenvalue weighted by molar-refractivity contribution is 7.09. The Labute approximate surface area is 111 Å². The molecular formula is C12H19N3O2S. The first-order valence-corrected chi connectivity index (χ1v) is 7.14. The van der Waals surface area contributed by atoms with Gasteiger partial charge in [-0.2, -0.15) is 0 Å². The molecule has 1 N–H and O–H groups in total. The van der Waals surface area contributed by atoms with E-state index in [9.17, 15) is 4.79 Å². The third-order valence-electron chi connectivity index (χ3n) is 3.15. The first-order valence-electron chi connectivity index (χ1n) is 6.26. The lowest BCUT2D eigenvalue weighted by Gasteiger charge is -2.37. The van der Waals surface area contributed by atoms with E-state index in [2.05, 4.69) is 22.1 Å². The Balaban J connectivity index is 2.10. The lowest BCUT2D eigenvalue weighted by molar-refractivity contribution is -0.151. The second-order valence-corrected chi connectivity index (χ2v) is 5.18. The monoisotopic (exact) mass is 269 g/mol. The highest BCUT2D eigenvalue weighted by atomic mass is 32.1. The van der Waals surface area contributed by atoms with Crippen LogP contribution in [0.2, 0.25) is 0 Å². The van der Waals surface area contributed by atoms with Gasteiger partial charge in [0.15, 0.2) is 0 Å². The maximum absolute atomic E-state index is 12.0. The number of ether oxygens (including phenoxy) is 1. The second kappa shape index (κ2) is 6.26. The number of nitrogens with one attached hydrogen (secondary N) is 1. The summed E-state index contributed by atoms with van der Waals surface area (Å²) < 4.78 is 5.14.